The average Bonchev–Trinajstić information content (AvgIpc) is 2.52. The first-order chi connectivity index (χ1) is 10.3. The molecule has 0 saturated carbocycles. The number of aryl methyl sites for hydroxylation is 1. The SMILES string of the molecule is CCOCc1ncc2ccc(-c3ncccc3C)nc2n1. The van der Waals surface area contributed by atoms with Crippen LogP contribution < -0.4 is 0 Å². The van der Waals surface area contributed by atoms with Gasteiger partial charge in [0.25, 0.3) is 0 Å². The van der Waals surface area contributed by atoms with Crippen LogP contribution in [0.25, 0.3) is 22.4 Å². The van der Waals surface area contributed by atoms with Crippen LogP contribution in [0.15, 0.2) is 36.7 Å². The standard InChI is InChI=1S/C16H16N4O/c1-3-21-10-14-18-9-12-6-7-13(19-16(12)20-14)15-11(2)5-4-8-17-15/h4-9H,3,10H2,1-2H3. The topological polar surface area (TPSA) is 60.8 Å². The predicted molar refractivity (Wildman–Crippen MR) is 80.6 cm³/mol. The fourth-order valence-corrected chi connectivity index (χ4v) is 2.09. The fraction of sp³-hybridized carbons (Fsp3) is 0.250. The molecule has 3 rings (SSSR count). The molecule has 106 valence electrons. The van der Waals surface area contributed by atoms with Crippen LogP contribution >= 0.6 is 0 Å². The number of ether oxygens (including phenoxy) is 1. The zero-order chi connectivity index (χ0) is 14.7. The zero-order valence-corrected chi connectivity index (χ0v) is 12.1. The fourth-order valence-electron chi connectivity index (χ4n) is 2.09. The van der Waals surface area contributed by atoms with Gasteiger partial charge >= 0.3 is 0 Å². The summed E-state index contributed by atoms with van der Waals surface area (Å²) in [6.07, 6.45) is 3.55. The van der Waals surface area contributed by atoms with Crippen LogP contribution in [-0.4, -0.2) is 26.5 Å². The highest BCUT2D eigenvalue weighted by atomic mass is 16.5. The maximum atomic E-state index is 5.34. The first kappa shape index (κ1) is 13.6. The number of hydrogen-bond acceptors (Lipinski definition) is 5. The molecule has 5 heteroatoms. The summed E-state index contributed by atoms with van der Waals surface area (Å²) >= 11 is 0. The Balaban J connectivity index is 2.04. The molecule has 0 aliphatic heterocycles. The van der Waals surface area contributed by atoms with E-state index in [1.54, 1.807) is 12.4 Å². The third-order valence-electron chi connectivity index (χ3n) is 3.18. The van der Waals surface area contributed by atoms with E-state index in [-0.39, 0.29) is 0 Å². The van der Waals surface area contributed by atoms with E-state index in [4.69, 9.17) is 4.74 Å². The van der Waals surface area contributed by atoms with Crippen molar-refractivity contribution in [1.29, 1.82) is 0 Å². The number of rotatable bonds is 4. The van der Waals surface area contributed by atoms with Crippen molar-refractivity contribution < 1.29 is 4.74 Å². The van der Waals surface area contributed by atoms with Crippen LogP contribution in [0.1, 0.15) is 18.3 Å². The van der Waals surface area contributed by atoms with Crippen molar-refractivity contribution in [2.45, 2.75) is 20.5 Å². The molecule has 3 heterocycles. The molecular formula is C16H16N4O. The van der Waals surface area contributed by atoms with E-state index >= 15 is 0 Å². The highest BCUT2D eigenvalue weighted by Crippen LogP contribution is 2.20. The van der Waals surface area contributed by atoms with Gasteiger partial charge < -0.3 is 4.74 Å². The van der Waals surface area contributed by atoms with E-state index < -0.39 is 0 Å². The second-order valence-corrected chi connectivity index (χ2v) is 4.70. The lowest BCUT2D eigenvalue weighted by molar-refractivity contribution is 0.128. The third kappa shape index (κ3) is 2.87. The summed E-state index contributed by atoms with van der Waals surface area (Å²) in [5.41, 5.74) is 3.46. The smallest absolute Gasteiger partial charge is 0.163 e. The van der Waals surface area contributed by atoms with Gasteiger partial charge in [0.2, 0.25) is 0 Å². The van der Waals surface area contributed by atoms with E-state index in [1.807, 2.05) is 38.1 Å². The number of hydrogen-bond donors (Lipinski definition) is 0. The maximum absolute atomic E-state index is 5.34. The number of aromatic nitrogens is 4. The molecule has 0 aliphatic carbocycles. The van der Waals surface area contributed by atoms with Gasteiger partial charge in [-0.1, -0.05) is 6.07 Å². The van der Waals surface area contributed by atoms with Gasteiger partial charge in [0, 0.05) is 24.4 Å². The lowest BCUT2D eigenvalue weighted by Crippen LogP contribution is -2.00. The van der Waals surface area contributed by atoms with Gasteiger partial charge in [-0.15, -0.1) is 0 Å². The minimum atomic E-state index is 0.404. The Kier molecular flexibility index (Phi) is 3.83. The summed E-state index contributed by atoms with van der Waals surface area (Å²) in [6, 6.07) is 7.86. The largest absolute Gasteiger partial charge is 0.374 e. The summed E-state index contributed by atoms with van der Waals surface area (Å²) < 4.78 is 5.34. The molecular weight excluding hydrogens is 264 g/mol. The Morgan fingerprint density at radius 2 is 2.00 bits per heavy atom. The number of pyridine rings is 2. The first-order valence-electron chi connectivity index (χ1n) is 6.90. The van der Waals surface area contributed by atoms with Gasteiger partial charge in [0.15, 0.2) is 11.5 Å². The minimum Gasteiger partial charge on any atom is -0.374 e. The lowest BCUT2D eigenvalue weighted by atomic mass is 10.1. The van der Waals surface area contributed by atoms with Crippen molar-refractivity contribution >= 4 is 11.0 Å². The maximum Gasteiger partial charge on any atom is 0.163 e. The molecule has 0 spiro atoms. The highest BCUT2D eigenvalue weighted by Gasteiger charge is 2.07. The van der Waals surface area contributed by atoms with Crippen molar-refractivity contribution in [1.82, 2.24) is 19.9 Å². The van der Waals surface area contributed by atoms with E-state index in [0.717, 1.165) is 22.3 Å². The van der Waals surface area contributed by atoms with Crippen LogP contribution in [-0.2, 0) is 11.3 Å². The quantitative estimate of drug-likeness (QED) is 0.735. The molecule has 0 unspecified atom stereocenters. The minimum absolute atomic E-state index is 0.404. The second-order valence-electron chi connectivity index (χ2n) is 4.70. The van der Waals surface area contributed by atoms with Crippen LogP contribution in [0.5, 0.6) is 0 Å². The Hall–Kier alpha value is -2.40. The zero-order valence-electron chi connectivity index (χ0n) is 12.1. The summed E-state index contributed by atoms with van der Waals surface area (Å²) in [6.45, 7) is 5.01. The summed E-state index contributed by atoms with van der Waals surface area (Å²) in [5, 5.41) is 0.910. The summed E-state index contributed by atoms with van der Waals surface area (Å²) in [7, 11) is 0. The molecule has 0 saturated heterocycles. The molecule has 3 aromatic heterocycles. The molecule has 0 radical (unpaired) electrons. The molecule has 0 amide bonds. The van der Waals surface area contributed by atoms with E-state index in [0.29, 0.717) is 24.7 Å². The van der Waals surface area contributed by atoms with E-state index in [2.05, 4.69) is 19.9 Å². The Morgan fingerprint density at radius 1 is 1.10 bits per heavy atom. The van der Waals surface area contributed by atoms with Crippen LogP contribution in [0.2, 0.25) is 0 Å². The molecule has 0 fully saturated rings. The van der Waals surface area contributed by atoms with Crippen molar-refractivity contribution in [2.24, 2.45) is 0 Å². The molecule has 0 aliphatic rings. The normalized spacial score (nSPS) is 11.0. The summed E-state index contributed by atoms with van der Waals surface area (Å²) in [4.78, 5) is 17.7. The molecule has 5 nitrogen and oxygen atoms in total. The van der Waals surface area contributed by atoms with Gasteiger partial charge in [-0.05, 0) is 37.6 Å². The molecule has 21 heavy (non-hydrogen) atoms. The van der Waals surface area contributed by atoms with Crippen LogP contribution in [0.4, 0.5) is 0 Å². The van der Waals surface area contributed by atoms with Crippen molar-refractivity contribution in [3.05, 3.63) is 48.0 Å². The van der Waals surface area contributed by atoms with Crippen LogP contribution in [0.3, 0.4) is 0 Å². The molecule has 0 atom stereocenters. The van der Waals surface area contributed by atoms with Crippen molar-refractivity contribution in [2.75, 3.05) is 6.61 Å². The molecule has 0 aromatic carbocycles. The third-order valence-corrected chi connectivity index (χ3v) is 3.18. The monoisotopic (exact) mass is 280 g/mol. The molecule has 3 aromatic rings. The number of fused-ring (bicyclic) bond motifs is 1. The van der Waals surface area contributed by atoms with Gasteiger partial charge in [-0.2, -0.15) is 0 Å². The summed E-state index contributed by atoms with van der Waals surface area (Å²) in [5.74, 6) is 0.645. The predicted octanol–water partition coefficient (Wildman–Crippen LogP) is 2.93. The molecule has 0 bridgehead atoms. The Bertz CT molecular complexity index is 773. The highest BCUT2D eigenvalue weighted by molar-refractivity contribution is 5.77. The Morgan fingerprint density at radius 3 is 2.81 bits per heavy atom. The number of nitrogens with zero attached hydrogens (tertiary/aromatic N) is 4. The van der Waals surface area contributed by atoms with Crippen LogP contribution in [0, 0.1) is 6.92 Å². The second kappa shape index (κ2) is 5.93. The van der Waals surface area contributed by atoms with E-state index in [9.17, 15) is 0 Å². The van der Waals surface area contributed by atoms with Gasteiger partial charge in [-0.25, -0.2) is 15.0 Å². The van der Waals surface area contributed by atoms with Crippen molar-refractivity contribution in [3.63, 3.8) is 0 Å². The Labute approximate surface area is 123 Å². The molecule has 0 N–H and O–H groups in total. The lowest BCUT2D eigenvalue weighted by Gasteiger charge is -2.06. The van der Waals surface area contributed by atoms with Gasteiger partial charge in [0.1, 0.15) is 6.61 Å². The van der Waals surface area contributed by atoms with Gasteiger partial charge in [0.05, 0.1) is 11.4 Å². The average molecular weight is 280 g/mol. The van der Waals surface area contributed by atoms with E-state index in [1.165, 1.54) is 0 Å². The van der Waals surface area contributed by atoms with Gasteiger partial charge in [-0.3, -0.25) is 4.98 Å². The first-order valence-corrected chi connectivity index (χ1v) is 6.90. The van der Waals surface area contributed by atoms with Crippen molar-refractivity contribution in [3.8, 4) is 11.4 Å².